The third-order valence-corrected chi connectivity index (χ3v) is 5.92. The number of hydrogen-bond acceptors (Lipinski definition) is 2. The maximum absolute atomic E-state index is 3.59. The number of hydrogen-bond donors (Lipinski definition) is 1. The Kier molecular flexibility index (Phi) is 3.18. The van der Waals surface area contributed by atoms with Crippen LogP contribution in [-0.4, -0.2) is 24.1 Å². The first-order valence-corrected chi connectivity index (χ1v) is 7.72. The Hall–Kier alpha value is -0.470. The van der Waals surface area contributed by atoms with Crippen LogP contribution in [0.15, 0.2) is 30.3 Å². The average molecular weight is 247 g/mol. The van der Waals surface area contributed by atoms with Gasteiger partial charge in [0.25, 0.3) is 0 Å². The van der Waals surface area contributed by atoms with Gasteiger partial charge >= 0.3 is 0 Å². The molecule has 1 N–H and O–H groups in total. The Bertz CT molecular complexity index is 374. The molecular formula is C15H21NS. The van der Waals surface area contributed by atoms with E-state index < -0.39 is 0 Å². The van der Waals surface area contributed by atoms with Gasteiger partial charge in [0.05, 0.1) is 0 Å². The molecule has 2 saturated heterocycles. The fourth-order valence-electron chi connectivity index (χ4n) is 3.55. The minimum atomic E-state index is 0.566. The minimum Gasteiger partial charge on any atom is -0.316 e. The summed E-state index contributed by atoms with van der Waals surface area (Å²) in [5.74, 6) is 2.07. The van der Waals surface area contributed by atoms with Gasteiger partial charge in [0.15, 0.2) is 0 Å². The molecule has 0 bridgehead atoms. The summed E-state index contributed by atoms with van der Waals surface area (Å²) >= 11 is 2.17. The van der Waals surface area contributed by atoms with Crippen molar-refractivity contribution < 1.29 is 0 Å². The van der Waals surface area contributed by atoms with Gasteiger partial charge < -0.3 is 5.32 Å². The predicted octanol–water partition coefficient (Wildman–Crippen LogP) is 3.28. The Labute approximate surface area is 108 Å². The lowest BCUT2D eigenvalue weighted by atomic mass is 9.67. The molecule has 2 fully saturated rings. The molecule has 1 spiro atoms. The van der Waals surface area contributed by atoms with Crippen LogP contribution in [0.5, 0.6) is 0 Å². The van der Waals surface area contributed by atoms with Crippen LogP contribution in [0.2, 0.25) is 0 Å². The van der Waals surface area contributed by atoms with Gasteiger partial charge in [-0.05, 0) is 36.1 Å². The van der Waals surface area contributed by atoms with Crippen molar-refractivity contribution in [2.75, 3.05) is 18.8 Å². The largest absolute Gasteiger partial charge is 0.316 e. The van der Waals surface area contributed by atoms with Crippen LogP contribution in [0.3, 0.4) is 0 Å². The molecule has 1 nitrogen and oxygen atoms in total. The van der Waals surface area contributed by atoms with E-state index in [-0.39, 0.29) is 0 Å². The number of nitrogens with one attached hydrogen (secondary N) is 1. The number of benzene rings is 1. The van der Waals surface area contributed by atoms with E-state index in [1.807, 2.05) is 0 Å². The lowest BCUT2D eigenvalue weighted by Crippen LogP contribution is -2.44. The first kappa shape index (κ1) is 11.6. The van der Waals surface area contributed by atoms with E-state index in [1.54, 1.807) is 0 Å². The summed E-state index contributed by atoms with van der Waals surface area (Å²) in [7, 11) is 0. The minimum absolute atomic E-state index is 0.566. The topological polar surface area (TPSA) is 12.0 Å². The molecule has 0 aliphatic carbocycles. The molecule has 2 heteroatoms. The molecule has 3 rings (SSSR count). The van der Waals surface area contributed by atoms with E-state index in [9.17, 15) is 0 Å². The molecular weight excluding hydrogens is 226 g/mol. The SMILES string of the molecule is CC1CC2(CCNCC2c2ccccc2)CS1. The van der Waals surface area contributed by atoms with Crippen LogP contribution in [0, 0.1) is 5.41 Å². The van der Waals surface area contributed by atoms with Gasteiger partial charge in [-0.15, -0.1) is 0 Å². The monoisotopic (exact) mass is 247 g/mol. The van der Waals surface area contributed by atoms with E-state index in [1.165, 1.54) is 30.7 Å². The average Bonchev–Trinajstić information content (AvgIpc) is 2.73. The van der Waals surface area contributed by atoms with Crippen LogP contribution < -0.4 is 5.32 Å². The van der Waals surface area contributed by atoms with Crippen molar-refractivity contribution in [3.05, 3.63) is 35.9 Å². The summed E-state index contributed by atoms with van der Waals surface area (Å²) < 4.78 is 0. The third kappa shape index (κ3) is 2.13. The van der Waals surface area contributed by atoms with E-state index in [0.29, 0.717) is 5.41 Å². The van der Waals surface area contributed by atoms with E-state index in [4.69, 9.17) is 0 Å². The quantitative estimate of drug-likeness (QED) is 0.817. The van der Waals surface area contributed by atoms with E-state index in [2.05, 4.69) is 54.3 Å². The lowest BCUT2D eigenvalue weighted by Gasteiger charge is -2.42. The molecule has 2 heterocycles. The Morgan fingerprint density at radius 1 is 1.29 bits per heavy atom. The summed E-state index contributed by atoms with van der Waals surface area (Å²) in [4.78, 5) is 0. The summed E-state index contributed by atoms with van der Waals surface area (Å²) in [6.45, 7) is 4.76. The summed E-state index contributed by atoms with van der Waals surface area (Å²) in [5, 5.41) is 4.44. The third-order valence-electron chi connectivity index (χ3n) is 4.44. The number of piperidine rings is 1. The summed E-state index contributed by atoms with van der Waals surface area (Å²) in [6, 6.07) is 11.1. The van der Waals surface area contributed by atoms with Crippen molar-refractivity contribution in [3.63, 3.8) is 0 Å². The highest BCUT2D eigenvalue weighted by Crippen LogP contribution is 2.53. The maximum atomic E-state index is 3.59. The molecule has 0 amide bonds. The zero-order chi connectivity index (χ0) is 11.7. The van der Waals surface area contributed by atoms with Crippen LogP contribution >= 0.6 is 11.8 Å². The smallest absolute Gasteiger partial charge is 0.00287 e. The van der Waals surface area contributed by atoms with Crippen molar-refractivity contribution >= 4 is 11.8 Å². The fourth-order valence-corrected chi connectivity index (χ4v) is 5.08. The van der Waals surface area contributed by atoms with Gasteiger partial charge in [-0.1, -0.05) is 37.3 Å². The van der Waals surface area contributed by atoms with Crippen LogP contribution in [0.1, 0.15) is 31.2 Å². The molecule has 2 aliphatic rings. The second kappa shape index (κ2) is 4.66. The zero-order valence-corrected chi connectivity index (χ0v) is 11.3. The second-order valence-corrected chi connectivity index (χ2v) is 7.03. The van der Waals surface area contributed by atoms with Crippen LogP contribution in [0.25, 0.3) is 0 Å². The van der Waals surface area contributed by atoms with Gasteiger partial charge in [0, 0.05) is 17.7 Å². The highest BCUT2D eigenvalue weighted by molar-refractivity contribution is 8.00. The normalized spacial score (nSPS) is 37.5. The predicted molar refractivity (Wildman–Crippen MR) is 75.6 cm³/mol. The van der Waals surface area contributed by atoms with Gasteiger partial charge in [-0.3, -0.25) is 0 Å². The molecule has 1 aromatic rings. The first-order chi connectivity index (χ1) is 8.30. The molecule has 0 aromatic heterocycles. The number of thioether (sulfide) groups is 1. The summed E-state index contributed by atoms with van der Waals surface area (Å²) in [6.07, 6.45) is 2.75. The van der Waals surface area contributed by atoms with Crippen molar-refractivity contribution in [2.45, 2.75) is 30.9 Å². The van der Waals surface area contributed by atoms with Gasteiger partial charge in [0.2, 0.25) is 0 Å². The molecule has 17 heavy (non-hydrogen) atoms. The molecule has 0 radical (unpaired) electrons. The van der Waals surface area contributed by atoms with Crippen molar-refractivity contribution in [1.82, 2.24) is 5.32 Å². The van der Waals surface area contributed by atoms with Crippen LogP contribution in [0.4, 0.5) is 0 Å². The Morgan fingerprint density at radius 3 is 2.82 bits per heavy atom. The molecule has 1 aromatic carbocycles. The van der Waals surface area contributed by atoms with Crippen LogP contribution in [-0.2, 0) is 0 Å². The highest BCUT2D eigenvalue weighted by Gasteiger charge is 2.45. The van der Waals surface area contributed by atoms with Gasteiger partial charge in [-0.25, -0.2) is 0 Å². The first-order valence-electron chi connectivity index (χ1n) is 6.67. The molecule has 0 saturated carbocycles. The molecule has 2 aliphatic heterocycles. The standard InChI is InChI=1S/C15H21NS/c1-12-9-15(11-17-12)7-8-16-10-14(15)13-5-3-2-4-6-13/h2-6,12,14,16H,7-11H2,1H3. The molecule has 3 unspecified atom stereocenters. The van der Waals surface area contributed by atoms with E-state index >= 15 is 0 Å². The van der Waals surface area contributed by atoms with E-state index in [0.717, 1.165) is 17.7 Å². The number of rotatable bonds is 1. The van der Waals surface area contributed by atoms with Crippen molar-refractivity contribution in [3.8, 4) is 0 Å². The molecule has 3 atom stereocenters. The fraction of sp³-hybridized carbons (Fsp3) is 0.600. The summed E-state index contributed by atoms with van der Waals surface area (Å²) in [5.41, 5.74) is 2.10. The van der Waals surface area contributed by atoms with Crippen molar-refractivity contribution in [1.29, 1.82) is 0 Å². The van der Waals surface area contributed by atoms with Gasteiger partial charge in [-0.2, -0.15) is 11.8 Å². The van der Waals surface area contributed by atoms with Crippen molar-refractivity contribution in [2.24, 2.45) is 5.41 Å². The molecule has 92 valence electrons. The van der Waals surface area contributed by atoms with Gasteiger partial charge in [0.1, 0.15) is 0 Å². The second-order valence-electron chi connectivity index (χ2n) is 5.61. The highest BCUT2D eigenvalue weighted by atomic mass is 32.2. The Morgan fingerprint density at radius 2 is 2.12 bits per heavy atom. The lowest BCUT2D eigenvalue weighted by molar-refractivity contribution is 0.189. The maximum Gasteiger partial charge on any atom is 0.00287 e. The Balaban J connectivity index is 1.91. The zero-order valence-electron chi connectivity index (χ0n) is 10.5.